The largest absolute Gasteiger partial charge is 0.388 e. The third-order valence-electron chi connectivity index (χ3n) is 5.02. The van der Waals surface area contributed by atoms with Crippen LogP contribution in [0.25, 0.3) is 22.0 Å². The molecule has 9 heteroatoms. The average molecular weight is 410 g/mol. The van der Waals surface area contributed by atoms with E-state index in [1.165, 1.54) is 4.57 Å². The van der Waals surface area contributed by atoms with Gasteiger partial charge in [0.25, 0.3) is 0 Å². The molecule has 148 valence electrons. The fraction of sp³-hybridized carbons (Fsp3) is 0.250. The number of nitrogens with zero attached hydrogens (tertiary/aromatic N) is 3. The molecule has 0 saturated carbocycles. The molecular formula is C20H18N4O4S. The predicted molar refractivity (Wildman–Crippen MR) is 108 cm³/mol. The molecule has 2 aromatic carbocycles. The molecule has 4 rings (SSSR count). The lowest BCUT2D eigenvalue weighted by molar-refractivity contribution is -0.211. The van der Waals surface area contributed by atoms with Crippen molar-refractivity contribution in [3.63, 3.8) is 0 Å². The Balaban J connectivity index is 1.99. The molecule has 0 unspecified atom stereocenters. The molecule has 1 aromatic heterocycles. The molecule has 5 N–H and O–H groups in total. The van der Waals surface area contributed by atoms with Gasteiger partial charge in [0.15, 0.2) is 6.23 Å². The van der Waals surface area contributed by atoms with Crippen LogP contribution < -0.4 is 5.73 Å². The van der Waals surface area contributed by atoms with Crippen LogP contribution in [-0.2, 0) is 4.74 Å². The van der Waals surface area contributed by atoms with E-state index in [1.54, 1.807) is 0 Å². The molecule has 3 aromatic rings. The summed E-state index contributed by atoms with van der Waals surface area (Å²) < 4.78 is 6.93. The van der Waals surface area contributed by atoms with Gasteiger partial charge in [-0.05, 0) is 29.1 Å². The van der Waals surface area contributed by atoms with E-state index in [4.69, 9.17) is 22.7 Å². The van der Waals surface area contributed by atoms with E-state index >= 15 is 0 Å². The number of hydrogen-bond acceptors (Lipinski definition) is 8. The van der Waals surface area contributed by atoms with Crippen molar-refractivity contribution < 1.29 is 20.1 Å². The molecule has 0 amide bonds. The number of benzene rings is 2. The van der Waals surface area contributed by atoms with Crippen LogP contribution in [0, 0.1) is 16.1 Å². The number of aliphatic hydroxyl groups is 3. The summed E-state index contributed by atoms with van der Waals surface area (Å²) in [5, 5.41) is 42.1. The summed E-state index contributed by atoms with van der Waals surface area (Å²) in [5.41, 5.74) is 6.98. The molecule has 0 aliphatic carbocycles. The van der Waals surface area contributed by atoms with Gasteiger partial charge in [-0.3, -0.25) is 4.57 Å². The van der Waals surface area contributed by atoms with Gasteiger partial charge >= 0.3 is 0 Å². The summed E-state index contributed by atoms with van der Waals surface area (Å²) >= 11 is 5.36. The Bertz CT molecular complexity index is 1190. The van der Waals surface area contributed by atoms with Crippen molar-refractivity contribution in [1.82, 2.24) is 9.55 Å². The molecule has 1 aliphatic heterocycles. The number of nitrogens with two attached hydrogens (primary N) is 1. The summed E-state index contributed by atoms with van der Waals surface area (Å²) in [5.74, 6) is -0.0391. The number of aliphatic hydroxyl groups excluding tert-OH is 3. The van der Waals surface area contributed by atoms with E-state index in [-0.39, 0.29) is 22.8 Å². The maximum Gasteiger partial charge on any atom is 0.204 e. The smallest absolute Gasteiger partial charge is 0.204 e. The van der Waals surface area contributed by atoms with Crippen LogP contribution >= 0.6 is 12.2 Å². The summed E-state index contributed by atoms with van der Waals surface area (Å²) in [6.07, 6.45) is -5.32. The first-order valence-electron chi connectivity index (χ1n) is 8.89. The first-order chi connectivity index (χ1) is 13.9. The number of hydrogen-bond donors (Lipinski definition) is 4. The van der Waals surface area contributed by atoms with Crippen LogP contribution in [0.3, 0.4) is 0 Å². The van der Waals surface area contributed by atoms with Crippen LogP contribution in [-0.4, -0.2) is 49.8 Å². The lowest BCUT2D eigenvalue weighted by Crippen LogP contribution is -2.51. The van der Waals surface area contributed by atoms with E-state index in [2.05, 4.69) is 4.98 Å². The molecule has 1 saturated heterocycles. The van der Waals surface area contributed by atoms with Crippen molar-refractivity contribution >= 4 is 28.8 Å². The van der Waals surface area contributed by atoms with Crippen LogP contribution in [0.4, 0.5) is 5.82 Å². The van der Waals surface area contributed by atoms with Crippen LogP contribution in [0.15, 0.2) is 42.5 Å². The third-order valence-corrected chi connectivity index (χ3v) is 5.31. The minimum Gasteiger partial charge on any atom is -0.388 e. The fourth-order valence-electron chi connectivity index (χ4n) is 3.53. The maximum atomic E-state index is 10.5. The monoisotopic (exact) mass is 410 g/mol. The van der Waals surface area contributed by atoms with Crippen molar-refractivity contribution in [2.24, 2.45) is 0 Å². The lowest BCUT2D eigenvalue weighted by atomic mass is 10.00. The summed E-state index contributed by atoms with van der Waals surface area (Å²) in [7, 11) is 0. The molecule has 29 heavy (non-hydrogen) atoms. The van der Waals surface area contributed by atoms with Gasteiger partial charge in [0, 0.05) is 5.56 Å². The molecule has 4 atom stereocenters. The number of rotatable bonds is 2. The number of nitriles is 1. The predicted octanol–water partition coefficient (Wildman–Crippen LogP) is 1.50. The van der Waals surface area contributed by atoms with Gasteiger partial charge in [-0.2, -0.15) is 5.26 Å². The summed E-state index contributed by atoms with van der Waals surface area (Å²) in [6, 6.07) is 15.3. The van der Waals surface area contributed by atoms with Crippen molar-refractivity contribution in [2.75, 3.05) is 12.3 Å². The first-order valence-corrected chi connectivity index (χ1v) is 9.30. The summed E-state index contributed by atoms with van der Waals surface area (Å²) in [6.45, 7) is -0.214. The van der Waals surface area contributed by atoms with E-state index < -0.39 is 24.5 Å². The van der Waals surface area contributed by atoms with E-state index in [0.29, 0.717) is 11.3 Å². The van der Waals surface area contributed by atoms with E-state index in [0.717, 1.165) is 10.8 Å². The zero-order valence-electron chi connectivity index (χ0n) is 15.1. The third kappa shape index (κ3) is 3.27. The van der Waals surface area contributed by atoms with Gasteiger partial charge in [-0.15, -0.1) is 0 Å². The zero-order chi connectivity index (χ0) is 20.7. The van der Waals surface area contributed by atoms with Crippen LogP contribution in [0.1, 0.15) is 11.8 Å². The molecule has 1 aliphatic rings. The Kier molecular flexibility index (Phi) is 5.04. The molecular weight excluding hydrogens is 392 g/mol. The fourth-order valence-corrected chi connectivity index (χ4v) is 3.83. The Morgan fingerprint density at radius 1 is 1.14 bits per heavy atom. The topological polar surface area (TPSA) is 138 Å². The van der Waals surface area contributed by atoms with Gasteiger partial charge in [0.05, 0.1) is 12.3 Å². The van der Waals surface area contributed by atoms with Crippen molar-refractivity contribution in [1.29, 1.82) is 5.26 Å². The molecule has 1 fully saturated rings. The first kappa shape index (κ1) is 19.4. The maximum absolute atomic E-state index is 10.5. The van der Waals surface area contributed by atoms with Gasteiger partial charge in [0.2, 0.25) is 4.77 Å². The second-order valence-electron chi connectivity index (χ2n) is 6.82. The SMILES string of the molecule is N#Cc1c(N)nc(=S)n([C@@H]2OC[C@@H](O)[C@H](O)[C@H]2O)c1-c1ccc2ccccc2c1. The number of fused-ring (bicyclic) bond motifs is 1. The highest BCUT2D eigenvalue weighted by atomic mass is 32.1. The number of ether oxygens (including phenoxy) is 1. The highest BCUT2D eigenvalue weighted by Crippen LogP contribution is 2.35. The van der Waals surface area contributed by atoms with E-state index in [9.17, 15) is 20.6 Å². The summed E-state index contributed by atoms with van der Waals surface area (Å²) in [4.78, 5) is 4.04. The number of nitrogen functional groups attached to an aromatic ring is 1. The second-order valence-corrected chi connectivity index (χ2v) is 7.18. The van der Waals surface area contributed by atoms with E-state index in [1.807, 2.05) is 48.5 Å². The minimum atomic E-state index is -1.48. The highest BCUT2D eigenvalue weighted by molar-refractivity contribution is 7.71. The molecule has 0 radical (unpaired) electrons. The Morgan fingerprint density at radius 2 is 1.86 bits per heavy atom. The zero-order valence-corrected chi connectivity index (χ0v) is 16.0. The number of anilines is 1. The normalized spacial score (nSPS) is 24.3. The Labute approximate surface area is 171 Å². The standard InChI is InChI=1S/C20H18N4O4S/c21-8-13-15(12-6-5-10-3-1-2-4-11(10)7-12)24(20(29)23-18(13)22)19-17(27)16(26)14(25)9-28-19/h1-7,14,16-17,19,25-27H,9H2,(H2,22,23,29)/t14-,16+,17-,19-/m1/s1. The highest BCUT2D eigenvalue weighted by Gasteiger charge is 2.40. The van der Waals surface area contributed by atoms with Crippen molar-refractivity contribution in [3.05, 3.63) is 52.8 Å². The second kappa shape index (κ2) is 7.51. The van der Waals surface area contributed by atoms with Gasteiger partial charge < -0.3 is 25.8 Å². The van der Waals surface area contributed by atoms with Gasteiger partial charge in [-0.1, -0.05) is 36.4 Å². The molecule has 8 nitrogen and oxygen atoms in total. The Morgan fingerprint density at radius 3 is 2.59 bits per heavy atom. The van der Waals surface area contributed by atoms with Crippen LogP contribution in [0.2, 0.25) is 0 Å². The number of aromatic nitrogens is 2. The minimum absolute atomic E-state index is 0.0164. The quantitative estimate of drug-likeness (QED) is 0.466. The van der Waals surface area contributed by atoms with Gasteiger partial charge in [0.1, 0.15) is 35.8 Å². The lowest BCUT2D eigenvalue weighted by Gasteiger charge is -2.37. The molecule has 2 heterocycles. The van der Waals surface area contributed by atoms with Crippen LogP contribution in [0.5, 0.6) is 0 Å². The average Bonchev–Trinajstić information content (AvgIpc) is 2.72. The van der Waals surface area contributed by atoms with Crippen molar-refractivity contribution in [2.45, 2.75) is 24.5 Å². The molecule has 0 bridgehead atoms. The van der Waals surface area contributed by atoms with Gasteiger partial charge in [-0.25, -0.2) is 4.98 Å². The van der Waals surface area contributed by atoms with Crippen molar-refractivity contribution in [3.8, 4) is 17.3 Å². The Hall–Kier alpha value is -2.87. The molecule has 0 spiro atoms.